The highest BCUT2D eigenvalue weighted by Crippen LogP contribution is 2.29. The maximum atomic E-state index is 3.95. The van der Waals surface area contributed by atoms with Crippen LogP contribution in [0.2, 0.25) is 0 Å². The molecular formula is C29H27N. The van der Waals surface area contributed by atoms with Crippen molar-refractivity contribution in [1.82, 2.24) is 4.57 Å². The summed E-state index contributed by atoms with van der Waals surface area (Å²) >= 11 is 0. The first-order valence-corrected chi connectivity index (χ1v) is 10.5. The number of nitrogens with zero attached hydrogens (tertiary/aromatic N) is 1. The van der Waals surface area contributed by atoms with Crippen LogP contribution in [-0.2, 0) is 13.0 Å². The van der Waals surface area contributed by atoms with E-state index in [1.165, 1.54) is 33.6 Å². The van der Waals surface area contributed by atoms with E-state index in [1.54, 1.807) is 0 Å². The molecule has 0 aliphatic heterocycles. The molecule has 0 spiro atoms. The van der Waals surface area contributed by atoms with Crippen LogP contribution in [0.3, 0.4) is 0 Å². The van der Waals surface area contributed by atoms with Crippen LogP contribution >= 0.6 is 0 Å². The Morgan fingerprint density at radius 3 is 2.03 bits per heavy atom. The molecule has 0 saturated carbocycles. The minimum atomic E-state index is 0.858. The number of benzene rings is 3. The van der Waals surface area contributed by atoms with Crippen molar-refractivity contribution in [3.63, 3.8) is 0 Å². The highest BCUT2D eigenvalue weighted by Gasteiger charge is 2.15. The standard InChI is InChI=1S/C29H27N/c1-2-3-19-28-27(21-20-24-13-7-4-8-14-24)22-29(26-17-11-6-12-18-26)30(28)23-25-15-9-5-10-16-25/h2,4-18,20-22H,1,3,19,23H2/b21-20+. The molecule has 0 aliphatic carbocycles. The Balaban J connectivity index is 1.82. The maximum Gasteiger partial charge on any atom is 0.0491 e. The molecule has 0 saturated heterocycles. The van der Waals surface area contributed by atoms with E-state index in [0.29, 0.717) is 0 Å². The monoisotopic (exact) mass is 389 g/mol. The Morgan fingerprint density at radius 1 is 0.733 bits per heavy atom. The molecule has 3 aromatic carbocycles. The molecule has 30 heavy (non-hydrogen) atoms. The van der Waals surface area contributed by atoms with Crippen LogP contribution in [0.5, 0.6) is 0 Å². The van der Waals surface area contributed by atoms with Crippen molar-refractivity contribution in [1.29, 1.82) is 0 Å². The predicted molar refractivity (Wildman–Crippen MR) is 129 cm³/mol. The van der Waals surface area contributed by atoms with Gasteiger partial charge in [-0.2, -0.15) is 0 Å². The second-order valence-corrected chi connectivity index (χ2v) is 7.44. The lowest BCUT2D eigenvalue weighted by atomic mass is 10.1. The van der Waals surface area contributed by atoms with E-state index in [4.69, 9.17) is 0 Å². The molecule has 4 aromatic rings. The number of allylic oxidation sites excluding steroid dienone is 1. The van der Waals surface area contributed by atoms with Crippen LogP contribution in [0.25, 0.3) is 23.4 Å². The minimum absolute atomic E-state index is 0.858. The van der Waals surface area contributed by atoms with E-state index >= 15 is 0 Å². The fourth-order valence-electron chi connectivity index (χ4n) is 3.82. The van der Waals surface area contributed by atoms with E-state index in [0.717, 1.165) is 19.4 Å². The zero-order chi connectivity index (χ0) is 20.6. The summed E-state index contributed by atoms with van der Waals surface area (Å²) in [4.78, 5) is 0. The number of hydrogen-bond acceptors (Lipinski definition) is 0. The first-order valence-electron chi connectivity index (χ1n) is 10.5. The smallest absolute Gasteiger partial charge is 0.0491 e. The molecule has 0 amide bonds. The van der Waals surface area contributed by atoms with E-state index in [2.05, 4.69) is 120 Å². The molecule has 0 aliphatic rings. The van der Waals surface area contributed by atoms with Gasteiger partial charge in [-0.1, -0.05) is 109 Å². The summed E-state index contributed by atoms with van der Waals surface area (Å²) in [6, 6.07) is 34.2. The summed E-state index contributed by atoms with van der Waals surface area (Å²) < 4.78 is 2.47. The number of rotatable bonds is 8. The lowest BCUT2D eigenvalue weighted by Gasteiger charge is -2.14. The highest BCUT2D eigenvalue weighted by atomic mass is 15.0. The zero-order valence-corrected chi connectivity index (χ0v) is 17.2. The van der Waals surface area contributed by atoms with Gasteiger partial charge in [-0.05, 0) is 41.2 Å². The molecule has 4 rings (SSSR count). The van der Waals surface area contributed by atoms with Gasteiger partial charge in [-0.3, -0.25) is 0 Å². The van der Waals surface area contributed by atoms with E-state index in [1.807, 2.05) is 6.08 Å². The van der Waals surface area contributed by atoms with Crippen molar-refractivity contribution in [2.75, 3.05) is 0 Å². The van der Waals surface area contributed by atoms with Gasteiger partial charge in [0.25, 0.3) is 0 Å². The highest BCUT2D eigenvalue weighted by molar-refractivity contribution is 5.75. The Kier molecular flexibility index (Phi) is 6.41. The molecule has 0 unspecified atom stereocenters. The average Bonchev–Trinajstić information content (AvgIpc) is 3.15. The van der Waals surface area contributed by atoms with Crippen molar-refractivity contribution in [3.8, 4) is 11.3 Å². The van der Waals surface area contributed by atoms with Crippen LogP contribution in [-0.4, -0.2) is 4.57 Å². The molecule has 0 bridgehead atoms. The molecule has 1 heterocycles. The predicted octanol–water partition coefficient (Wildman–Crippen LogP) is 7.49. The van der Waals surface area contributed by atoms with Crippen molar-refractivity contribution in [2.45, 2.75) is 19.4 Å². The Hall–Kier alpha value is -3.58. The minimum Gasteiger partial charge on any atom is -0.340 e. The lowest BCUT2D eigenvalue weighted by Crippen LogP contribution is -2.07. The summed E-state index contributed by atoms with van der Waals surface area (Å²) in [6.07, 6.45) is 8.39. The van der Waals surface area contributed by atoms with Gasteiger partial charge in [0.1, 0.15) is 0 Å². The molecule has 148 valence electrons. The Bertz CT molecular complexity index is 1100. The first kappa shape index (κ1) is 19.7. The van der Waals surface area contributed by atoms with Crippen LogP contribution in [0.1, 0.15) is 28.8 Å². The average molecular weight is 390 g/mol. The molecule has 1 aromatic heterocycles. The summed E-state index contributed by atoms with van der Waals surface area (Å²) in [7, 11) is 0. The largest absolute Gasteiger partial charge is 0.340 e. The second-order valence-electron chi connectivity index (χ2n) is 7.44. The van der Waals surface area contributed by atoms with Crippen molar-refractivity contribution in [2.24, 2.45) is 0 Å². The molecule has 1 nitrogen and oxygen atoms in total. The Labute approximate surface area is 179 Å². The number of hydrogen-bond donors (Lipinski definition) is 0. The van der Waals surface area contributed by atoms with Gasteiger partial charge in [0.05, 0.1) is 0 Å². The van der Waals surface area contributed by atoms with E-state index in [-0.39, 0.29) is 0 Å². The van der Waals surface area contributed by atoms with Crippen LogP contribution in [0.15, 0.2) is 110 Å². The van der Waals surface area contributed by atoms with Gasteiger partial charge in [0.2, 0.25) is 0 Å². The van der Waals surface area contributed by atoms with Crippen LogP contribution in [0.4, 0.5) is 0 Å². The van der Waals surface area contributed by atoms with Gasteiger partial charge >= 0.3 is 0 Å². The third-order valence-electron chi connectivity index (χ3n) is 5.34. The van der Waals surface area contributed by atoms with Crippen molar-refractivity contribution in [3.05, 3.63) is 132 Å². The summed E-state index contributed by atoms with van der Waals surface area (Å²) in [5.41, 5.74) is 7.65. The first-order chi connectivity index (χ1) is 14.8. The molecule has 0 N–H and O–H groups in total. The maximum absolute atomic E-state index is 3.95. The summed E-state index contributed by atoms with van der Waals surface area (Å²) in [5, 5.41) is 0. The fraction of sp³-hybridized carbons (Fsp3) is 0.103. The normalized spacial score (nSPS) is 11.1. The van der Waals surface area contributed by atoms with Crippen LogP contribution in [0, 0.1) is 0 Å². The van der Waals surface area contributed by atoms with Crippen molar-refractivity contribution >= 4 is 12.2 Å². The Morgan fingerprint density at radius 2 is 1.37 bits per heavy atom. The summed E-state index contributed by atoms with van der Waals surface area (Å²) in [5.74, 6) is 0. The topological polar surface area (TPSA) is 4.93 Å². The van der Waals surface area contributed by atoms with Gasteiger partial charge in [0.15, 0.2) is 0 Å². The van der Waals surface area contributed by atoms with Gasteiger partial charge in [-0.25, -0.2) is 0 Å². The summed E-state index contributed by atoms with van der Waals surface area (Å²) in [6.45, 7) is 4.81. The molecule has 0 radical (unpaired) electrons. The number of aromatic nitrogens is 1. The molecule has 0 atom stereocenters. The van der Waals surface area contributed by atoms with Gasteiger partial charge < -0.3 is 4.57 Å². The quantitative estimate of drug-likeness (QED) is 0.275. The van der Waals surface area contributed by atoms with Crippen LogP contribution < -0.4 is 0 Å². The molecule has 1 heteroatoms. The van der Waals surface area contributed by atoms with Gasteiger partial charge in [0, 0.05) is 17.9 Å². The molecule has 0 fully saturated rings. The zero-order valence-electron chi connectivity index (χ0n) is 17.2. The third-order valence-corrected chi connectivity index (χ3v) is 5.34. The van der Waals surface area contributed by atoms with Crippen molar-refractivity contribution < 1.29 is 0 Å². The van der Waals surface area contributed by atoms with E-state index in [9.17, 15) is 0 Å². The molecular weight excluding hydrogens is 362 g/mol. The third kappa shape index (κ3) is 4.69. The van der Waals surface area contributed by atoms with Gasteiger partial charge in [-0.15, -0.1) is 6.58 Å². The fourth-order valence-corrected chi connectivity index (χ4v) is 3.82. The SMILES string of the molecule is C=CCCc1c(/C=C/c2ccccc2)cc(-c2ccccc2)n1Cc1ccccc1. The second kappa shape index (κ2) is 9.76. The lowest BCUT2D eigenvalue weighted by molar-refractivity contribution is 0.743. The van der Waals surface area contributed by atoms with E-state index < -0.39 is 0 Å².